The number of amides is 1. The molecule has 1 aliphatic rings. The summed E-state index contributed by atoms with van der Waals surface area (Å²) in [5.41, 5.74) is -0.295. The van der Waals surface area contributed by atoms with Crippen molar-refractivity contribution in [3.8, 4) is 0 Å². The van der Waals surface area contributed by atoms with E-state index in [2.05, 4.69) is 15.4 Å². The highest BCUT2D eigenvalue weighted by Crippen LogP contribution is 2.28. The summed E-state index contributed by atoms with van der Waals surface area (Å²) in [4.78, 5) is 24.1. The van der Waals surface area contributed by atoms with Crippen molar-refractivity contribution in [1.29, 1.82) is 0 Å². The Morgan fingerprint density at radius 3 is 2.81 bits per heavy atom. The number of hydrogen-bond donors (Lipinski definition) is 2. The van der Waals surface area contributed by atoms with Crippen LogP contribution < -0.4 is 10.6 Å². The van der Waals surface area contributed by atoms with Crippen molar-refractivity contribution in [2.24, 2.45) is 5.41 Å². The van der Waals surface area contributed by atoms with E-state index in [1.807, 2.05) is 6.92 Å². The van der Waals surface area contributed by atoms with E-state index >= 15 is 0 Å². The van der Waals surface area contributed by atoms with E-state index in [1.54, 1.807) is 0 Å². The SMILES string of the molecule is COC(=O)c1ccc(F)cc1NC(=O)C1(C)CCCNC1. The van der Waals surface area contributed by atoms with Gasteiger partial charge < -0.3 is 15.4 Å². The van der Waals surface area contributed by atoms with E-state index in [9.17, 15) is 14.0 Å². The molecule has 2 rings (SSSR count). The molecule has 1 aliphatic heterocycles. The van der Waals surface area contributed by atoms with Crippen LogP contribution in [0.15, 0.2) is 18.2 Å². The van der Waals surface area contributed by atoms with Crippen LogP contribution in [0.3, 0.4) is 0 Å². The predicted octanol–water partition coefficient (Wildman–Crippen LogP) is 1.94. The zero-order chi connectivity index (χ0) is 15.5. The van der Waals surface area contributed by atoms with Crippen molar-refractivity contribution < 1.29 is 18.7 Å². The van der Waals surface area contributed by atoms with Gasteiger partial charge in [-0.3, -0.25) is 4.79 Å². The number of ether oxygens (including phenoxy) is 1. The molecule has 114 valence electrons. The molecule has 1 unspecified atom stereocenters. The van der Waals surface area contributed by atoms with Gasteiger partial charge in [0.05, 0.1) is 23.8 Å². The van der Waals surface area contributed by atoms with Crippen molar-refractivity contribution in [2.75, 3.05) is 25.5 Å². The van der Waals surface area contributed by atoms with Gasteiger partial charge in [0, 0.05) is 6.54 Å². The molecule has 6 heteroatoms. The number of methoxy groups -OCH3 is 1. The van der Waals surface area contributed by atoms with Gasteiger partial charge in [-0.25, -0.2) is 9.18 Å². The minimum absolute atomic E-state index is 0.138. The first-order valence-electron chi connectivity index (χ1n) is 6.86. The Kier molecular flexibility index (Phi) is 4.57. The zero-order valence-corrected chi connectivity index (χ0v) is 12.2. The van der Waals surface area contributed by atoms with Crippen LogP contribution in [0.4, 0.5) is 10.1 Å². The van der Waals surface area contributed by atoms with E-state index in [-0.39, 0.29) is 17.2 Å². The summed E-state index contributed by atoms with van der Waals surface area (Å²) >= 11 is 0. The number of benzene rings is 1. The van der Waals surface area contributed by atoms with Crippen LogP contribution in [-0.2, 0) is 9.53 Å². The molecule has 21 heavy (non-hydrogen) atoms. The number of anilines is 1. The molecule has 1 heterocycles. The van der Waals surface area contributed by atoms with Crippen molar-refractivity contribution >= 4 is 17.6 Å². The molecule has 0 bridgehead atoms. The molecule has 2 N–H and O–H groups in total. The Bertz CT molecular complexity index is 554. The van der Waals surface area contributed by atoms with Gasteiger partial charge in [0.2, 0.25) is 5.91 Å². The highest BCUT2D eigenvalue weighted by molar-refractivity contribution is 6.02. The lowest BCUT2D eigenvalue weighted by molar-refractivity contribution is -0.125. The quantitative estimate of drug-likeness (QED) is 0.836. The second-order valence-corrected chi connectivity index (χ2v) is 5.48. The van der Waals surface area contributed by atoms with E-state index in [0.29, 0.717) is 6.54 Å². The number of piperidine rings is 1. The van der Waals surface area contributed by atoms with E-state index in [0.717, 1.165) is 31.5 Å². The van der Waals surface area contributed by atoms with Gasteiger partial charge in [0.25, 0.3) is 0 Å². The van der Waals surface area contributed by atoms with Gasteiger partial charge in [0.15, 0.2) is 0 Å². The molecule has 0 radical (unpaired) electrons. The van der Waals surface area contributed by atoms with Gasteiger partial charge >= 0.3 is 5.97 Å². The molecule has 0 spiro atoms. The molecule has 1 fully saturated rings. The van der Waals surface area contributed by atoms with E-state index in [4.69, 9.17) is 0 Å². The number of nitrogens with one attached hydrogen (secondary N) is 2. The number of esters is 1. The average Bonchev–Trinajstić information content (AvgIpc) is 2.47. The fourth-order valence-corrected chi connectivity index (χ4v) is 2.43. The molecule has 1 aromatic carbocycles. The van der Waals surface area contributed by atoms with Gasteiger partial charge in [-0.2, -0.15) is 0 Å². The molecular weight excluding hydrogens is 275 g/mol. The van der Waals surface area contributed by atoms with Gasteiger partial charge in [-0.15, -0.1) is 0 Å². The first-order chi connectivity index (χ1) is 9.96. The van der Waals surface area contributed by atoms with Crippen molar-refractivity contribution in [3.63, 3.8) is 0 Å². The summed E-state index contributed by atoms with van der Waals surface area (Å²) in [6, 6.07) is 3.59. The highest BCUT2D eigenvalue weighted by atomic mass is 19.1. The lowest BCUT2D eigenvalue weighted by atomic mass is 9.82. The van der Waals surface area contributed by atoms with E-state index in [1.165, 1.54) is 13.2 Å². The van der Waals surface area contributed by atoms with Gasteiger partial charge in [-0.05, 0) is 44.5 Å². The monoisotopic (exact) mass is 294 g/mol. The number of halogens is 1. The maximum absolute atomic E-state index is 13.4. The molecule has 1 saturated heterocycles. The number of carbonyl (C=O) groups excluding carboxylic acids is 2. The molecular formula is C15H19FN2O3. The molecule has 0 aliphatic carbocycles. The Labute approximate surface area is 122 Å². The lowest BCUT2D eigenvalue weighted by Gasteiger charge is -2.32. The third kappa shape index (κ3) is 3.39. The van der Waals surface area contributed by atoms with Crippen molar-refractivity contribution in [2.45, 2.75) is 19.8 Å². The Balaban J connectivity index is 2.24. The molecule has 1 aromatic rings. The third-order valence-corrected chi connectivity index (χ3v) is 3.78. The average molecular weight is 294 g/mol. The summed E-state index contributed by atoms with van der Waals surface area (Å²) in [6.45, 7) is 3.30. The summed E-state index contributed by atoms with van der Waals surface area (Å²) < 4.78 is 18.0. The van der Waals surface area contributed by atoms with Gasteiger partial charge in [-0.1, -0.05) is 0 Å². The van der Waals surface area contributed by atoms with Crippen LogP contribution in [-0.4, -0.2) is 32.1 Å². The Hall–Kier alpha value is -1.95. The van der Waals surface area contributed by atoms with Crippen LogP contribution in [0, 0.1) is 11.2 Å². The predicted molar refractivity (Wildman–Crippen MR) is 76.6 cm³/mol. The van der Waals surface area contributed by atoms with Crippen molar-refractivity contribution in [1.82, 2.24) is 5.32 Å². The largest absolute Gasteiger partial charge is 0.465 e. The number of hydrogen-bond acceptors (Lipinski definition) is 4. The first kappa shape index (κ1) is 15.4. The van der Waals surface area contributed by atoms with Crippen LogP contribution in [0.2, 0.25) is 0 Å². The zero-order valence-electron chi connectivity index (χ0n) is 12.2. The number of rotatable bonds is 3. The summed E-state index contributed by atoms with van der Waals surface area (Å²) in [6.07, 6.45) is 1.64. The van der Waals surface area contributed by atoms with Gasteiger partial charge in [0.1, 0.15) is 5.82 Å². The summed E-state index contributed by atoms with van der Waals surface area (Å²) in [5.74, 6) is -1.37. The minimum atomic E-state index is -0.614. The molecule has 1 amide bonds. The lowest BCUT2D eigenvalue weighted by Crippen LogP contribution is -2.46. The van der Waals surface area contributed by atoms with Crippen LogP contribution >= 0.6 is 0 Å². The maximum Gasteiger partial charge on any atom is 0.339 e. The van der Waals surface area contributed by atoms with E-state index < -0.39 is 17.2 Å². The Morgan fingerprint density at radius 1 is 1.43 bits per heavy atom. The second-order valence-electron chi connectivity index (χ2n) is 5.48. The fraction of sp³-hybridized carbons (Fsp3) is 0.467. The van der Waals surface area contributed by atoms with Crippen LogP contribution in [0.1, 0.15) is 30.1 Å². The normalized spacial score (nSPS) is 21.7. The fourth-order valence-electron chi connectivity index (χ4n) is 2.43. The summed E-state index contributed by atoms with van der Waals surface area (Å²) in [5, 5.41) is 5.83. The molecule has 0 aromatic heterocycles. The third-order valence-electron chi connectivity index (χ3n) is 3.78. The molecule has 5 nitrogen and oxygen atoms in total. The first-order valence-corrected chi connectivity index (χ1v) is 6.86. The van der Waals surface area contributed by atoms with Crippen molar-refractivity contribution in [3.05, 3.63) is 29.6 Å². The van der Waals surface area contributed by atoms with Crippen LogP contribution in [0.25, 0.3) is 0 Å². The van der Waals surface area contributed by atoms with Crippen LogP contribution in [0.5, 0.6) is 0 Å². The molecule has 0 saturated carbocycles. The highest BCUT2D eigenvalue weighted by Gasteiger charge is 2.35. The standard InChI is InChI=1S/C15H19FN2O3/c1-15(6-3-7-17-9-15)14(20)18-12-8-10(16)4-5-11(12)13(19)21-2/h4-5,8,17H,3,6-7,9H2,1-2H3,(H,18,20). The smallest absolute Gasteiger partial charge is 0.339 e. The maximum atomic E-state index is 13.4. The summed E-state index contributed by atoms with van der Waals surface area (Å²) in [7, 11) is 1.24. The second kappa shape index (κ2) is 6.22. The Morgan fingerprint density at radius 2 is 2.19 bits per heavy atom. The number of carbonyl (C=O) groups is 2. The molecule has 1 atom stereocenters. The topological polar surface area (TPSA) is 67.4 Å². The minimum Gasteiger partial charge on any atom is -0.465 e.